The van der Waals surface area contributed by atoms with E-state index in [0.717, 1.165) is 48.0 Å². The van der Waals surface area contributed by atoms with Gasteiger partial charge in [-0.1, -0.05) is 48.5 Å². The number of carbonyl (C=O) groups is 1. The summed E-state index contributed by atoms with van der Waals surface area (Å²) in [5.74, 6) is 2.18. The van der Waals surface area contributed by atoms with Crippen molar-refractivity contribution in [1.29, 1.82) is 0 Å². The van der Waals surface area contributed by atoms with E-state index in [1.54, 1.807) is 25.1 Å². The van der Waals surface area contributed by atoms with E-state index < -0.39 is 0 Å². The predicted octanol–water partition coefficient (Wildman–Crippen LogP) is 6.18. The number of nitrogens with one attached hydrogen (secondary N) is 2. The molecule has 5 aromatic rings. The first-order chi connectivity index (χ1) is 20.4. The van der Waals surface area contributed by atoms with Crippen LogP contribution in [-0.2, 0) is 0 Å². The maximum absolute atomic E-state index is 13.3. The van der Waals surface area contributed by atoms with E-state index in [1.807, 2.05) is 73.6 Å². The van der Waals surface area contributed by atoms with Crippen molar-refractivity contribution in [2.75, 3.05) is 30.9 Å². The summed E-state index contributed by atoms with van der Waals surface area (Å²) in [6.45, 7) is 2.33. The average molecular weight is 562 g/mol. The van der Waals surface area contributed by atoms with Crippen LogP contribution < -0.4 is 21.0 Å². The van der Waals surface area contributed by atoms with E-state index >= 15 is 0 Å². The molecule has 8 nitrogen and oxygen atoms in total. The standard InChI is InChI=1S/C34H35N5O3/c1-21-29(40)26-13-9-14-27(31(26)42-30(21)23-10-5-4-6-11-23)33(41)35-20-22-16-18-24(19-17-22)36-34-37-28-15-8-7-12-25(28)32(38-34)39(2)3/h4-15,22,24H,16-20H2,1-3H3,(H,35,41)(H,36,37,38)/t22-,24+. The summed E-state index contributed by atoms with van der Waals surface area (Å²) in [4.78, 5) is 38.1. The first-order valence-electron chi connectivity index (χ1n) is 14.5. The Labute approximate surface area is 244 Å². The zero-order chi connectivity index (χ0) is 29.2. The molecule has 6 rings (SSSR count). The minimum absolute atomic E-state index is 0.122. The highest BCUT2D eigenvalue weighted by atomic mass is 16.3. The zero-order valence-electron chi connectivity index (χ0n) is 24.2. The third-order valence-corrected chi connectivity index (χ3v) is 8.16. The minimum atomic E-state index is -0.229. The lowest BCUT2D eigenvalue weighted by molar-refractivity contribution is 0.0944. The molecule has 2 heterocycles. The molecule has 1 amide bonds. The Morgan fingerprint density at radius 1 is 0.905 bits per heavy atom. The highest BCUT2D eigenvalue weighted by Crippen LogP contribution is 2.30. The van der Waals surface area contributed by atoms with Gasteiger partial charge in [-0.05, 0) is 62.8 Å². The highest BCUT2D eigenvalue weighted by Gasteiger charge is 2.24. The van der Waals surface area contributed by atoms with E-state index in [9.17, 15) is 9.59 Å². The average Bonchev–Trinajstić information content (AvgIpc) is 3.02. The Bertz CT molecular complexity index is 1810. The Morgan fingerprint density at radius 3 is 2.38 bits per heavy atom. The Morgan fingerprint density at radius 2 is 1.62 bits per heavy atom. The van der Waals surface area contributed by atoms with Crippen LogP contribution in [0.25, 0.3) is 33.2 Å². The minimum Gasteiger partial charge on any atom is -0.455 e. The first kappa shape index (κ1) is 27.4. The van der Waals surface area contributed by atoms with Crippen LogP contribution in [0.4, 0.5) is 11.8 Å². The molecule has 1 saturated carbocycles. The lowest BCUT2D eigenvalue weighted by atomic mass is 9.86. The number of hydrogen-bond acceptors (Lipinski definition) is 7. The molecule has 0 saturated heterocycles. The van der Waals surface area contributed by atoms with Gasteiger partial charge in [0.2, 0.25) is 5.95 Å². The Kier molecular flexibility index (Phi) is 7.61. The second-order valence-corrected chi connectivity index (χ2v) is 11.3. The fraction of sp³-hybridized carbons (Fsp3) is 0.294. The molecule has 2 N–H and O–H groups in total. The van der Waals surface area contributed by atoms with E-state index in [1.165, 1.54) is 0 Å². The van der Waals surface area contributed by atoms with Gasteiger partial charge in [0.05, 0.1) is 16.5 Å². The van der Waals surface area contributed by atoms with Crippen LogP contribution in [0, 0.1) is 12.8 Å². The van der Waals surface area contributed by atoms with Gasteiger partial charge in [-0.25, -0.2) is 4.98 Å². The molecule has 1 aliphatic rings. The van der Waals surface area contributed by atoms with E-state index in [0.29, 0.717) is 46.3 Å². The number of hydrogen-bond donors (Lipinski definition) is 2. The van der Waals surface area contributed by atoms with Gasteiger partial charge < -0.3 is 20.0 Å². The molecule has 1 fully saturated rings. The van der Waals surface area contributed by atoms with Gasteiger partial charge in [0.1, 0.15) is 11.6 Å². The van der Waals surface area contributed by atoms with Gasteiger partial charge in [0, 0.05) is 43.2 Å². The quantitative estimate of drug-likeness (QED) is 0.245. The van der Waals surface area contributed by atoms with Crippen molar-refractivity contribution in [2.45, 2.75) is 38.6 Å². The second-order valence-electron chi connectivity index (χ2n) is 11.3. The first-order valence-corrected chi connectivity index (χ1v) is 14.5. The lowest BCUT2D eigenvalue weighted by Gasteiger charge is -2.29. The normalized spacial score (nSPS) is 16.8. The zero-order valence-corrected chi connectivity index (χ0v) is 24.2. The molecule has 0 bridgehead atoms. The van der Waals surface area contributed by atoms with E-state index in [2.05, 4.69) is 10.6 Å². The molecule has 0 atom stereocenters. The van der Waals surface area contributed by atoms with Gasteiger partial charge in [0.25, 0.3) is 5.91 Å². The third-order valence-electron chi connectivity index (χ3n) is 8.16. The molecule has 0 spiro atoms. The van der Waals surface area contributed by atoms with E-state index in [-0.39, 0.29) is 17.4 Å². The van der Waals surface area contributed by atoms with Crippen LogP contribution in [0.3, 0.4) is 0 Å². The molecule has 0 unspecified atom stereocenters. The summed E-state index contributed by atoms with van der Waals surface area (Å²) in [6.07, 6.45) is 3.90. The number of aromatic nitrogens is 2. The van der Waals surface area contributed by atoms with Crippen molar-refractivity contribution in [1.82, 2.24) is 15.3 Å². The Hall–Kier alpha value is -4.72. The summed E-state index contributed by atoms with van der Waals surface area (Å²) in [7, 11) is 3.99. The smallest absolute Gasteiger partial charge is 0.255 e. The molecule has 214 valence electrons. The lowest BCUT2D eigenvalue weighted by Crippen LogP contribution is -2.34. The van der Waals surface area contributed by atoms with Gasteiger partial charge in [0.15, 0.2) is 11.0 Å². The van der Waals surface area contributed by atoms with Crippen molar-refractivity contribution in [3.8, 4) is 11.3 Å². The number of rotatable bonds is 7. The van der Waals surface area contributed by atoms with Crippen LogP contribution in [0.15, 0.2) is 82.0 Å². The fourth-order valence-corrected chi connectivity index (χ4v) is 5.84. The molecular weight excluding hydrogens is 526 g/mol. The number of fused-ring (bicyclic) bond motifs is 2. The molecule has 0 aliphatic heterocycles. The van der Waals surface area contributed by atoms with Crippen LogP contribution in [-0.4, -0.2) is 42.6 Å². The van der Waals surface area contributed by atoms with Crippen LogP contribution in [0.2, 0.25) is 0 Å². The topological polar surface area (TPSA) is 100 Å². The maximum Gasteiger partial charge on any atom is 0.255 e. The number of nitrogens with zero attached hydrogens (tertiary/aromatic N) is 3. The van der Waals surface area contributed by atoms with Gasteiger partial charge in [-0.3, -0.25) is 9.59 Å². The number of benzene rings is 3. The summed E-state index contributed by atoms with van der Waals surface area (Å²) in [6, 6.07) is 23.0. The number of carbonyl (C=O) groups excluding carboxylic acids is 1. The van der Waals surface area contributed by atoms with E-state index in [4.69, 9.17) is 14.4 Å². The second kappa shape index (κ2) is 11.6. The summed E-state index contributed by atoms with van der Waals surface area (Å²) >= 11 is 0. The van der Waals surface area contributed by atoms with Crippen LogP contribution >= 0.6 is 0 Å². The summed E-state index contributed by atoms with van der Waals surface area (Å²) < 4.78 is 6.24. The number of para-hydroxylation sites is 2. The molecule has 42 heavy (non-hydrogen) atoms. The Balaban J connectivity index is 1.11. The van der Waals surface area contributed by atoms with Crippen molar-refractivity contribution < 1.29 is 9.21 Å². The molecule has 3 aromatic carbocycles. The molecule has 1 aliphatic carbocycles. The van der Waals surface area contributed by atoms with Crippen molar-refractivity contribution in [3.63, 3.8) is 0 Å². The number of anilines is 2. The number of amides is 1. The molecule has 0 radical (unpaired) electrons. The maximum atomic E-state index is 13.3. The fourth-order valence-electron chi connectivity index (χ4n) is 5.84. The highest BCUT2D eigenvalue weighted by molar-refractivity contribution is 6.05. The van der Waals surface area contributed by atoms with Gasteiger partial charge in [-0.2, -0.15) is 4.98 Å². The third kappa shape index (κ3) is 5.44. The molecule has 2 aromatic heterocycles. The SMILES string of the molecule is Cc1c(-c2ccccc2)oc2c(C(=O)NC[C@H]3CC[C@@H](Nc4nc(N(C)C)c5ccccc5n4)CC3)cccc2c1=O. The molecular formula is C34H35N5O3. The largest absolute Gasteiger partial charge is 0.455 e. The van der Waals surface area contributed by atoms with Crippen molar-refractivity contribution in [3.05, 3.63) is 94.1 Å². The van der Waals surface area contributed by atoms with Crippen LogP contribution in [0.1, 0.15) is 41.6 Å². The van der Waals surface area contributed by atoms with Gasteiger partial charge in [-0.15, -0.1) is 0 Å². The summed E-state index contributed by atoms with van der Waals surface area (Å²) in [5, 5.41) is 8.11. The predicted molar refractivity (Wildman–Crippen MR) is 168 cm³/mol. The van der Waals surface area contributed by atoms with Crippen molar-refractivity contribution >= 4 is 39.5 Å². The summed E-state index contributed by atoms with van der Waals surface area (Å²) in [5.41, 5.74) is 2.84. The van der Waals surface area contributed by atoms with Gasteiger partial charge >= 0.3 is 0 Å². The van der Waals surface area contributed by atoms with Crippen molar-refractivity contribution in [2.24, 2.45) is 5.92 Å². The molecule has 8 heteroatoms. The van der Waals surface area contributed by atoms with Crippen LogP contribution in [0.5, 0.6) is 0 Å². The monoisotopic (exact) mass is 561 g/mol.